The number of nitrogens with one attached hydrogen (secondary N) is 1. The zero-order valence-corrected chi connectivity index (χ0v) is 11.9. The van der Waals surface area contributed by atoms with E-state index in [4.69, 9.17) is 21.1 Å². The first-order chi connectivity index (χ1) is 9.67. The molecule has 0 fully saturated rings. The first-order valence-electron chi connectivity index (χ1n) is 6.18. The van der Waals surface area contributed by atoms with E-state index >= 15 is 0 Å². The van der Waals surface area contributed by atoms with Gasteiger partial charge in [-0.25, -0.2) is 4.79 Å². The number of aromatic amines is 1. The Hall–Kier alpha value is -2.08. The number of aromatic nitrogens is 3. The molecule has 0 aliphatic carbocycles. The fourth-order valence-corrected chi connectivity index (χ4v) is 1.90. The molecule has 0 aliphatic rings. The maximum Gasteiger partial charge on any atom is 0.361 e. The molecule has 0 unspecified atom stereocenters. The number of hydrogen-bond acceptors (Lipinski definition) is 5. The lowest BCUT2D eigenvalue weighted by molar-refractivity contribution is 0.0520. The van der Waals surface area contributed by atoms with Gasteiger partial charge in [0, 0.05) is 10.6 Å². The maximum absolute atomic E-state index is 11.8. The molecule has 20 heavy (non-hydrogen) atoms. The normalized spacial score (nSPS) is 10.3. The van der Waals surface area contributed by atoms with Gasteiger partial charge in [0.15, 0.2) is 5.69 Å². The molecule has 1 heterocycles. The van der Waals surface area contributed by atoms with E-state index in [1.165, 1.54) is 0 Å². The third-order valence-electron chi connectivity index (χ3n) is 2.51. The molecule has 2 aromatic rings. The van der Waals surface area contributed by atoms with Crippen molar-refractivity contribution in [3.8, 4) is 17.0 Å². The van der Waals surface area contributed by atoms with Gasteiger partial charge in [0.25, 0.3) is 0 Å². The fourth-order valence-electron chi connectivity index (χ4n) is 1.73. The standard InChI is InChI=1S/C13H14ClN3O3/c1-3-19-10-6-5-8(14)7-9(10)11-12(16-17-15-11)13(18)20-4-2/h5-7H,3-4H2,1-2H3,(H,15,16,17). The average molecular weight is 296 g/mol. The molecular formula is C13H14ClN3O3. The third kappa shape index (κ3) is 2.91. The van der Waals surface area contributed by atoms with E-state index in [0.717, 1.165) is 0 Å². The van der Waals surface area contributed by atoms with E-state index in [0.29, 0.717) is 28.6 Å². The minimum Gasteiger partial charge on any atom is -0.493 e. The van der Waals surface area contributed by atoms with Gasteiger partial charge in [-0.2, -0.15) is 10.3 Å². The van der Waals surface area contributed by atoms with Crippen molar-refractivity contribution in [2.45, 2.75) is 13.8 Å². The second-order valence-corrected chi connectivity index (χ2v) is 4.25. The third-order valence-corrected chi connectivity index (χ3v) is 2.75. The van der Waals surface area contributed by atoms with Gasteiger partial charge >= 0.3 is 5.97 Å². The molecule has 0 radical (unpaired) electrons. The van der Waals surface area contributed by atoms with Crippen LogP contribution in [0.2, 0.25) is 5.02 Å². The van der Waals surface area contributed by atoms with E-state index in [-0.39, 0.29) is 12.3 Å². The largest absolute Gasteiger partial charge is 0.493 e. The van der Waals surface area contributed by atoms with E-state index in [1.54, 1.807) is 25.1 Å². The van der Waals surface area contributed by atoms with Crippen molar-refractivity contribution in [3.05, 3.63) is 28.9 Å². The Balaban J connectivity index is 2.48. The molecule has 7 heteroatoms. The Morgan fingerprint density at radius 1 is 1.30 bits per heavy atom. The molecule has 0 aliphatic heterocycles. The Kier molecular flexibility index (Phi) is 4.57. The van der Waals surface area contributed by atoms with Gasteiger partial charge in [0.05, 0.1) is 13.2 Å². The van der Waals surface area contributed by atoms with E-state index in [2.05, 4.69) is 15.4 Å². The predicted molar refractivity (Wildman–Crippen MR) is 74.0 cm³/mol. The fraction of sp³-hybridized carbons (Fsp3) is 0.308. The van der Waals surface area contributed by atoms with Crippen LogP contribution in [-0.2, 0) is 4.74 Å². The average Bonchev–Trinajstić information content (AvgIpc) is 2.90. The zero-order valence-electron chi connectivity index (χ0n) is 11.1. The van der Waals surface area contributed by atoms with Crippen LogP contribution in [0.5, 0.6) is 5.75 Å². The van der Waals surface area contributed by atoms with Crippen LogP contribution in [0.15, 0.2) is 18.2 Å². The Morgan fingerprint density at radius 2 is 2.10 bits per heavy atom. The van der Waals surface area contributed by atoms with Crippen molar-refractivity contribution in [3.63, 3.8) is 0 Å². The molecule has 6 nitrogen and oxygen atoms in total. The van der Waals surface area contributed by atoms with Gasteiger partial charge in [0.1, 0.15) is 11.4 Å². The van der Waals surface area contributed by atoms with E-state index in [9.17, 15) is 4.79 Å². The number of H-pyrrole nitrogens is 1. The molecule has 1 N–H and O–H groups in total. The van der Waals surface area contributed by atoms with Gasteiger partial charge in [-0.15, -0.1) is 5.10 Å². The summed E-state index contributed by atoms with van der Waals surface area (Å²) in [5.41, 5.74) is 1.06. The smallest absolute Gasteiger partial charge is 0.361 e. The van der Waals surface area contributed by atoms with Gasteiger partial charge in [0.2, 0.25) is 0 Å². The zero-order chi connectivity index (χ0) is 14.5. The summed E-state index contributed by atoms with van der Waals surface area (Å²) in [5.74, 6) is 0.0371. The van der Waals surface area contributed by atoms with Crippen molar-refractivity contribution in [2.75, 3.05) is 13.2 Å². The second-order valence-electron chi connectivity index (χ2n) is 3.81. The van der Waals surface area contributed by atoms with Crippen molar-refractivity contribution in [2.24, 2.45) is 0 Å². The van der Waals surface area contributed by atoms with Crippen LogP contribution in [0.1, 0.15) is 24.3 Å². The molecule has 0 atom stereocenters. The summed E-state index contributed by atoms with van der Waals surface area (Å²) < 4.78 is 10.5. The van der Waals surface area contributed by atoms with E-state index in [1.807, 2.05) is 6.92 Å². The van der Waals surface area contributed by atoms with Crippen LogP contribution in [0.3, 0.4) is 0 Å². The number of halogens is 1. The number of esters is 1. The van der Waals surface area contributed by atoms with Gasteiger partial charge in [-0.3, -0.25) is 0 Å². The van der Waals surface area contributed by atoms with Crippen molar-refractivity contribution < 1.29 is 14.3 Å². The summed E-state index contributed by atoms with van der Waals surface area (Å²) in [6, 6.07) is 5.11. The molecule has 106 valence electrons. The molecule has 1 aromatic heterocycles. The minimum absolute atomic E-state index is 0.107. The highest BCUT2D eigenvalue weighted by molar-refractivity contribution is 6.31. The van der Waals surface area contributed by atoms with Crippen molar-refractivity contribution >= 4 is 17.6 Å². The number of nitrogens with zero attached hydrogens (tertiary/aromatic N) is 2. The number of benzene rings is 1. The maximum atomic E-state index is 11.8. The summed E-state index contributed by atoms with van der Waals surface area (Å²) in [6.07, 6.45) is 0. The molecule has 0 spiro atoms. The highest BCUT2D eigenvalue weighted by atomic mass is 35.5. The van der Waals surface area contributed by atoms with Crippen LogP contribution in [-0.4, -0.2) is 34.6 Å². The molecule has 0 saturated carbocycles. The van der Waals surface area contributed by atoms with Gasteiger partial charge < -0.3 is 9.47 Å². The Bertz CT molecular complexity index is 613. The van der Waals surface area contributed by atoms with Crippen LogP contribution < -0.4 is 4.74 Å². The molecule has 1 aromatic carbocycles. The second kappa shape index (κ2) is 6.38. The molecule has 0 bridgehead atoms. The molecule has 0 amide bonds. The quantitative estimate of drug-likeness (QED) is 0.858. The van der Waals surface area contributed by atoms with Crippen molar-refractivity contribution in [1.82, 2.24) is 15.4 Å². The first kappa shape index (κ1) is 14.3. The highest BCUT2D eigenvalue weighted by Gasteiger charge is 2.22. The lowest BCUT2D eigenvalue weighted by Gasteiger charge is -2.09. The first-order valence-corrected chi connectivity index (χ1v) is 6.55. The monoisotopic (exact) mass is 295 g/mol. The van der Waals surface area contributed by atoms with Crippen molar-refractivity contribution in [1.29, 1.82) is 0 Å². The minimum atomic E-state index is -0.543. The van der Waals surface area contributed by atoms with Gasteiger partial charge in [-0.05, 0) is 32.0 Å². The number of carbonyl (C=O) groups excluding carboxylic acids is 1. The number of carbonyl (C=O) groups is 1. The van der Waals surface area contributed by atoms with Crippen LogP contribution >= 0.6 is 11.6 Å². The lowest BCUT2D eigenvalue weighted by atomic mass is 10.1. The highest BCUT2D eigenvalue weighted by Crippen LogP contribution is 2.33. The molecule has 0 saturated heterocycles. The van der Waals surface area contributed by atoms with Gasteiger partial charge in [-0.1, -0.05) is 11.6 Å². The summed E-state index contributed by atoms with van der Waals surface area (Å²) >= 11 is 6.00. The summed E-state index contributed by atoms with van der Waals surface area (Å²) in [5, 5.41) is 10.8. The summed E-state index contributed by atoms with van der Waals surface area (Å²) in [7, 11) is 0. The predicted octanol–water partition coefficient (Wildman–Crippen LogP) is 2.70. The topological polar surface area (TPSA) is 77.1 Å². The number of rotatable bonds is 5. The SMILES string of the molecule is CCOC(=O)c1n[nH]nc1-c1cc(Cl)ccc1OCC. The number of ether oxygens (including phenoxy) is 2. The molecular weight excluding hydrogens is 282 g/mol. The number of hydrogen-bond donors (Lipinski definition) is 1. The van der Waals surface area contributed by atoms with Crippen LogP contribution in [0.25, 0.3) is 11.3 Å². The van der Waals surface area contributed by atoms with Crippen LogP contribution in [0, 0.1) is 0 Å². The Morgan fingerprint density at radius 3 is 2.80 bits per heavy atom. The Labute approximate surface area is 121 Å². The summed E-state index contributed by atoms with van der Waals surface area (Å²) in [4.78, 5) is 11.8. The van der Waals surface area contributed by atoms with Crippen LogP contribution in [0.4, 0.5) is 0 Å². The summed E-state index contributed by atoms with van der Waals surface area (Å²) in [6.45, 7) is 4.34. The van der Waals surface area contributed by atoms with E-state index < -0.39 is 5.97 Å². The lowest BCUT2D eigenvalue weighted by Crippen LogP contribution is -2.07. The molecule has 2 rings (SSSR count).